The summed E-state index contributed by atoms with van der Waals surface area (Å²) in [6.45, 7) is 2.95. The largest absolute Gasteiger partial charge is 0.472 e. The Bertz CT molecular complexity index is 1500. The minimum Gasteiger partial charge on any atom is -0.462 e. The zero-order valence-corrected chi connectivity index (χ0v) is 37.8. The van der Waals surface area contributed by atoms with E-state index in [4.69, 9.17) is 18.5 Å². The fourth-order valence-corrected chi connectivity index (χ4v) is 6.86. The average molecular weight is 891 g/mol. The van der Waals surface area contributed by atoms with E-state index < -0.39 is 75.7 Å². The summed E-state index contributed by atoms with van der Waals surface area (Å²) in [5, 5.41) is 50.1. The van der Waals surface area contributed by atoms with Gasteiger partial charge in [-0.15, -0.1) is 0 Å². The summed E-state index contributed by atoms with van der Waals surface area (Å²) in [5.41, 5.74) is 0. The molecule has 1 saturated carbocycles. The van der Waals surface area contributed by atoms with Gasteiger partial charge in [0.05, 0.1) is 6.61 Å². The maximum absolute atomic E-state index is 12.8. The van der Waals surface area contributed by atoms with E-state index in [2.05, 4.69) is 86.8 Å². The van der Waals surface area contributed by atoms with Crippen molar-refractivity contribution in [1.82, 2.24) is 0 Å². The fourth-order valence-electron chi connectivity index (χ4n) is 5.89. The van der Waals surface area contributed by atoms with Gasteiger partial charge in [-0.1, -0.05) is 142 Å². The smallest absolute Gasteiger partial charge is 0.462 e. The molecule has 1 fully saturated rings. The van der Waals surface area contributed by atoms with Crippen LogP contribution in [-0.2, 0) is 32.7 Å². The predicted octanol–water partition coefficient (Wildman–Crippen LogP) is 8.44. The molecule has 1 rings (SSSR count). The van der Waals surface area contributed by atoms with Crippen molar-refractivity contribution in [2.24, 2.45) is 0 Å². The van der Waals surface area contributed by atoms with E-state index in [0.29, 0.717) is 19.3 Å². The SMILES string of the molecule is CC/C=C/C=C/C=C/CCCCCCCC(=O)OC(COC(=O)CCC/C=C/C/C=C/C/C=C/C/C=C/C/C=C/C/C=C/CC)COP(=O)(O)OC1C(O)C(O)C(O)[C@H](O)C1O. The van der Waals surface area contributed by atoms with E-state index in [1.54, 1.807) is 0 Å². The van der Waals surface area contributed by atoms with Crippen molar-refractivity contribution in [1.29, 1.82) is 0 Å². The quantitative estimate of drug-likeness (QED) is 0.0118. The number of carbonyl (C=O) groups is 2. The normalized spacial score (nSPS) is 22.9. The van der Waals surface area contributed by atoms with Crippen LogP contribution >= 0.6 is 7.82 Å². The first-order valence-electron chi connectivity index (χ1n) is 22.2. The highest BCUT2D eigenvalue weighted by atomic mass is 31.2. The van der Waals surface area contributed by atoms with Gasteiger partial charge in [0.1, 0.15) is 43.2 Å². The Morgan fingerprint density at radius 2 is 0.968 bits per heavy atom. The van der Waals surface area contributed by atoms with Gasteiger partial charge in [0.25, 0.3) is 0 Å². The predicted molar refractivity (Wildman–Crippen MR) is 244 cm³/mol. The number of hydrogen-bond acceptors (Lipinski definition) is 12. The summed E-state index contributed by atoms with van der Waals surface area (Å²) in [6, 6.07) is 0. The number of aliphatic hydroxyl groups is 5. The van der Waals surface area contributed by atoms with Crippen LogP contribution in [0, 0.1) is 0 Å². The molecule has 0 radical (unpaired) electrons. The highest BCUT2D eigenvalue weighted by Crippen LogP contribution is 2.47. The van der Waals surface area contributed by atoms with Crippen LogP contribution in [0.5, 0.6) is 0 Å². The number of rotatable bonds is 34. The molecule has 1 aliphatic rings. The maximum Gasteiger partial charge on any atom is 0.472 e. The molecule has 0 saturated heterocycles. The van der Waals surface area contributed by atoms with Gasteiger partial charge in [0.15, 0.2) is 6.10 Å². The number of allylic oxidation sites excluding steroid dienone is 18. The third-order valence-electron chi connectivity index (χ3n) is 9.42. The lowest BCUT2D eigenvalue weighted by molar-refractivity contribution is -0.220. The summed E-state index contributed by atoms with van der Waals surface area (Å²) < 4.78 is 33.4. The number of carbonyl (C=O) groups excluding carboxylic acids is 2. The maximum atomic E-state index is 12.8. The van der Waals surface area contributed by atoms with E-state index in [-0.39, 0.29) is 12.8 Å². The standard InChI is InChI=1S/C48H75O13P/c1-3-5-7-9-11-13-15-17-18-19-20-21-22-23-25-26-28-30-32-34-36-41(49)58-38-40(39-59-62(56,57)61-48-46(54)44(52)43(51)45(53)47(48)55)60-42(50)37-35-33-31-29-27-24-16-14-12-10-8-6-4-2/h5-8,10-14,16-18,20-21,23,25,28,30,40,43-48,51-55H,3-4,9,15,19,22,24,26-27,29,31-39H2,1-2H3,(H,56,57)/b7-5+,8-6+,12-10+,13-11+,16-14+,18-17+,21-20+,25-23+,30-28+/t40?,43?,44-,45?,46?,47?,48?/m0/s1. The summed E-state index contributed by atoms with van der Waals surface area (Å²) in [4.78, 5) is 35.6. The van der Waals surface area contributed by atoms with E-state index in [1.807, 2.05) is 36.5 Å². The molecule has 0 amide bonds. The van der Waals surface area contributed by atoms with Gasteiger partial charge in [-0.2, -0.15) is 0 Å². The molecular formula is C48H75O13P. The molecule has 6 N–H and O–H groups in total. The summed E-state index contributed by atoms with van der Waals surface area (Å²) in [7, 11) is -5.14. The van der Waals surface area contributed by atoms with Crippen LogP contribution in [-0.4, -0.2) is 98.3 Å². The summed E-state index contributed by atoms with van der Waals surface area (Å²) in [6.07, 6.45) is 37.3. The molecule has 0 heterocycles. The van der Waals surface area contributed by atoms with Crippen LogP contribution in [0.25, 0.3) is 0 Å². The Balaban J connectivity index is 2.53. The number of phosphoric acid groups is 1. The molecule has 7 unspecified atom stereocenters. The van der Waals surface area contributed by atoms with Crippen molar-refractivity contribution in [2.45, 2.75) is 166 Å². The van der Waals surface area contributed by atoms with Crippen LogP contribution in [0.15, 0.2) is 109 Å². The molecule has 0 bridgehead atoms. The molecule has 0 aliphatic heterocycles. The Morgan fingerprint density at radius 1 is 0.516 bits per heavy atom. The topological polar surface area (TPSA) is 210 Å². The van der Waals surface area contributed by atoms with Gasteiger partial charge in [0.2, 0.25) is 0 Å². The Kier molecular flexibility index (Phi) is 33.7. The average Bonchev–Trinajstić information content (AvgIpc) is 3.25. The van der Waals surface area contributed by atoms with Gasteiger partial charge < -0.3 is 39.9 Å². The molecule has 0 spiro atoms. The molecule has 13 nitrogen and oxygen atoms in total. The number of esters is 2. The number of phosphoric ester groups is 1. The molecule has 1 aliphatic carbocycles. The van der Waals surface area contributed by atoms with Gasteiger partial charge in [-0.25, -0.2) is 4.57 Å². The molecule has 0 aromatic heterocycles. The number of unbranched alkanes of at least 4 members (excludes halogenated alkanes) is 6. The number of aliphatic hydroxyl groups excluding tert-OH is 5. The molecular weight excluding hydrogens is 815 g/mol. The van der Waals surface area contributed by atoms with Crippen molar-refractivity contribution >= 4 is 19.8 Å². The Labute approximate surface area is 370 Å². The van der Waals surface area contributed by atoms with Crippen molar-refractivity contribution in [3.8, 4) is 0 Å². The highest BCUT2D eigenvalue weighted by Gasteiger charge is 2.51. The third-order valence-corrected chi connectivity index (χ3v) is 10.4. The van der Waals surface area contributed by atoms with Gasteiger partial charge in [-0.05, 0) is 77.0 Å². The van der Waals surface area contributed by atoms with Crippen LogP contribution in [0.3, 0.4) is 0 Å². The van der Waals surface area contributed by atoms with Crippen molar-refractivity contribution in [2.75, 3.05) is 13.2 Å². The van der Waals surface area contributed by atoms with Gasteiger partial charge >= 0.3 is 19.8 Å². The second-order valence-electron chi connectivity index (χ2n) is 14.8. The van der Waals surface area contributed by atoms with Crippen LogP contribution in [0.1, 0.15) is 123 Å². The highest BCUT2D eigenvalue weighted by molar-refractivity contribution is 7.47. The first kappa shape index (κ1) is 56.5. The zero-order chi connectivity index (χ0) is 45.7. The van der Waals surface area contributed by atoms with Crippen LogP contribution in [0.4, 0.5) is 0 Å². The lowest BCUT2D eigenvalue weighted by Crippen LogP contribution is -2.64. The van der Waals surface area contributed by atoms with Crippen LogP contribution in [0.2, 0.25) is 0 Å². The molecule has 62 heavy (non-hydrogen) atoms. The first-order valence-corrected chi connectivity index (χ1v) is 23.7. The minimum absolute atomic E-state index is 0.0538. The second kappa shape index (κ2) is 36.9. The molecule has 0 aromatic carbocycles. The zero-order valence-electron chi connectivity index (χ0n) is 36.9. The van der Waals surface area contributed by atoms with Crippen molar-refractivity contribution in [3.05, 3.63) is 109 Å². The van der Waals surface area contributed by atoms with Gasteiger partial charge in [0, 0.05) is 12.8 Å². The lowest BCUT2D eigenvalue weighted by Gasteiger charge is -2.41. The minimum atomic E-state index is -5.14. The fraction of sp³-hybridized carbons (Fsp3) is 0.583. The Morgan fingerprint density at radius 3 is 1.53 bits per heavy atom. The van der Waals surface area contributed by atoms with E-state index in [9.17, 15) is 44.6 Å². The Hall–Kier alpha value is -3.49. The summed E-state index contributed by atoms with van der Waals surface area (Å²) >= 11 is 0. The van der Waals surface area contributed by atoms with E-state index in [1.165, 1.54) is 0 Å². The number of hydrogen-bond donors (Lipinski definition) is 6. The lowest BCUT2D eigenvalue weighted by atomic mass is 9.85. The molecule has 14 heteroatoms. The van der Waals surface area contributed by atoms with E-state index in [0.717, 1.165) is 77.0 Å². The first-order chi connectivity index (χ1) is 29.9. The van der Waals surface area contributed by atoms with Crippen molar-refractivity contribution < 1.29 is 63.1 Å². The van der Waals surface area contributed by atoms with Crippen molar-refractivity contribution in [3.63, 3.8) is 0 Å². The molecule has 0 aromatic rings. The number of ether oxygens (including phenoxy) is 2. The molecule has 8 atom stereocenters. The summed E-state index contributed by atoms with van der Waals surface area (Å²) in [5.74, 6) is -1.21. The second-order valence-corrected chi connectivity index (χ2v) is 16.3. The molecule has 350 valence electrons. The van der Waals surface area contributed by atoms with Gasteiger partial charge in [-0.3, -0.25) is 18.6 Å². The van der Waals surface area contributed by atoms with E-state index >= 15 is 0 Å². The monoisotopic (exact) mass is 890 g/mol. The van der Waals surface area contributed by atoms with Crippen LogP contribution < -0.4 is 0 Å². The third kappa shape index (κ3) is 29.0.